The van der Waals surface area contributed by atoms with Gasteiger partial charge in [0.1, 0.15) is 0 Å². The molecule has 0 spiro atoms. The first-order valence-corrected chi connectivity index (χ1v) is 6.52. The lowest BCUT2D eigenvalue weighted by Gasteiger charge is -2.30. The van der Waals surface area contributed by atoms with Crippen LogP contribution in [0.2, 0.25) is 0 Å². The Morgan fingerprint density at radius 3 is 2.71 bits per heavy atom. The van der Waals surface area contributed by atoms with Gasteiger partial charge in [0.05, 0.1) is 6.20 Å². The molecule has 0 radical (unpaired) electrons. The van der Waals surface area contributed by atoms with Crippen molar-refractivity contribution >= 4 is 11.8 Å². The molecular formula is C12H19N5. The molecule has 1 aliphatic heterocycles. The van der Waals surface area contributed by atoms with Gasteiger partial charge in [0.25, 0.3) is 0 Å². The van der Waals surface area contributed by atoms with E-state index in [-0.39, 0.29) is 0 Å². The first-order chi connectivity index (χ1) is 8.31. The van der Waals surface area contributed by atoms with Crippen LogP contribution in [-0.4, -0.2) is 34.3 Å². The number of hydrogen-bond acceptors (Lipinski definition) is 5. The maximum Gasteiger partial charge on any atom is 0.244 e. The molecule has 1 aromatic heterocycles. The van der Waals surface area contributed by atoms with Crippen LogP contribution >= 0.6 is 0 Å². The molecule has 0 aromatic carbocycles. The van der Waals surface area contributed by atoms with Gasteiger partial charge in [-0.05, 0) is 31.6 Å². The Bertz CT molecular complexity index is 382. The number of nitrogens with zero attached hydrogens (tertiary/aromatic N) is 4. The molecule has 2 fully saturated rings. The molecule has 3 rings (SSSR count). The van der Waals surface area contributed by atoms with E-state index < -0.39 is 0 Å². The number of nitrogens with one attached hydrogen (secondary N) is 1. The highest BCUT2D eigenvalue weighted by atomic mass is 15.3. The van der Waals surface area contributed by atoms with Gasteiger partial charge in [0.2, 0.25) is 5.95 Å². The second-order valence-corrected chi connectivity index (χ2v) is 5.23. The third kappa shape index (κ3) is 2.65. The second kappa shape index (κ2) is 4.47. The topological polar surface area (TPSA) is 53.9 Å². The van der Waals surface area contributed by atoms with E-state index in [1.807, 2.05) is 0 Å². The summed E-state index contributed by atoms with van der Waals surface area (Å²) in [7, 11) is 0. The summed E-state index contributed by atoms with van der Waals surface area (Å²) in [4.78, 5) is 6.86. The van der Waals surface area contributed by atoms with Crippen molar-refractivity contribution in [1.82, 2.24) is 15.2 Å². The summed E-state index contributed by atoms with van der Waals surface area (Å²) in [5, 5.41) is 11.4. The largest absolute Gasteiger partial charge is 0.355 e. The highest BCUT2D eigenvalue weighted by Crippen LogP contribution is 2.24. The van der Waals surface area contributed by atoms with Gasteiger partial charge in [0, 0.05) is 19.1 Å². The molecule has 1 saturated heterocycles. The van der Waals surface area contributed by atoms with Crippen molar-refractivity contribution in [3.8, 4) is 0 Å². The third-order valence-electron chi connectivity index (χ3n) is 3.56. The van der Waals surface area contributed by atoms with E-state index in [4.69, 9.17) is 0 Å². The van der Waals surface area contributed by atoms with Crippen molar-refractivity contribution in [2.24, 2.45) is 5.92 Å². The maximum atomic E-state index is 4.54. The molecule has 0 bridgehead atoms. The van der Waals surface area contributed by atoms with E-state index in [2.05, 4.69) is 32.3 Å². The molecule has 0 unspecified atom stereocenters. The number of anilines is 2. The smallest absolute Gasteiger partial charge is 0.244 e. The standard InChI is InChI=1S/C12H19N5/c1-9-4-6-17(7-5-9)11-8-13-16-12(15-11)14-10-2-3-10/h8-10H,2-7H2,1H3,(H,14,15,16). The summed E-state index contributed by atoms with van der Waals surface area (Å²) in [5.74, 6) is 2.49. The molecule has 2 heterocycles. The van der Waals surface area contributed by atoms with E-state index in [0.717, 1.165) is 24.8 Å². The quantitative estimate of drug-likeness (QED) is 0.861. The molecule has 1 aliphatic carbocycles. The minimum atomic E-state index is 0.577. The van der Waals surface area contributed by atoms with Crippen molar-refractivity contribution < 1.29 is 0 Å². The summed E-state index contributed by atoms with van der Waals surface area (Å²) in [5.41, 5.74) is 0. The fraction of sp³-hybridized carbons (Fsp3) is 0.750. The second-order valence-electron chi connectivity index (χ2n) is 5.23. The van der Waals surface area contributed by atoms with Gasteiger partial charge in [0.15, 0.2) is 5.82 Å². The van der Waals surface area contributed by atoms with E-state index in [1.54, 1.807) is 6.20 Å². The lowest BCUT2D eigenvalue weighted by molar-refractivity contribution is 0.436. The Balaban J connectivity index is 1.68. The average molecular weight is 233 g/mol. The Kier molecular flexibility index (Phi) is 2.82. The minimum Gasteiger partial charge on any atom is -0.355 e. The summed E-state index contributed by atoms with van der Waals surface area (Å²) < 4.78 is 0. The van der Waals surface area contributed by atoms with E-state index >= 15 is 0 Å². The predicted octanol–water partition coefficient (Wildman–Crippen LogP) is 1.68. The highest BCUT2D eigenvalue weighted by molar-refractivity contribution is 5.41. The van der Waals surface area contributed by atoms with Crippen LogP contribution in [-0.2, 0) is 0 Å². The molecule has 5 nitrogen and oxygen atoms in total. The van der Waals surface area contributed by atoms with Gasteiger partial charge < -0.3 is 10.2 Å². The van der Waals surface area contributed by atoms with E-state index in [1.165, 1.54) is 25.7 Å². The molecule has 92 valence electrons. The lowest BCUT2D eigenvalue weighted by atomic mass is 9.99. The molecule has 1 saturated carbocycles. The Hall–Kier alpha value is -1.39. The van der Waals surface area contributed by atoms with Crippen LogP contribution in [0.4, 0.5) is 11.8 Å². The molecule has 0 amide bonds. The van der Waals surface area contributed by atoms with Crippen LogP contribution in [0.5, 0.6) is 0 Å². The third-order valence-corrected chi connectivity index (χ3v) is 3.56. The van der Waals surface area contributed by atoms with Crippen molar-refractivity contribution in [3.63, 3.8) is 0 Å². The normalized spacial score (nSPS) is 21.6. The monoisotopic (exact) mass is 233 g/mol. The minimum absolute atomic E-state index is 0.577. The van der Waals surface area contributed by atoms with Crippen LogP contribution in [0.3, 0.4) is 0 Å². The summed E-state index contributed by atoms with van der Waals surface area (Å²) in [6.07, 6.45) is 6.72. The average Bonchev–Trinajstić information content (AvgIpc) is 3.14. The summed E-state index contributed by atoms with van der Waals surface area (Å²) in [6, 6.07) is 0.577. The fourth-order valence-corrected chi connectivity index (χ4v) is 2.16. The van der Waals surface area contributed by atoms with Crippen molar-refractivity contribution in [1.29, 1.82) is 0 Å². The first kappa shape index (κ1) is 10.7. The number of hydrogen-bond donors (Lipinski definition) is 1. The van der Waals surface area contributed by atoms with Crippen LogP contribution in [0, 0.1) is 5.92 Å². The van der Waals surface area contributed by atoms with Gasteiger partial charge >= 0.3 is 0 Å². The molecule has 5 heteroatoms. The van der Waals surface area contributed by atoms with Crippen molar-refractivity contribution in [3.05, 3.63) is 6.20 Å². The van der Waals surface area contributed by atoms with Gasteiger partial charge in [-0.2, -0.15) is 10.1 Å². The zero-order valence-electron chi connectivity index (χ0n) is 10.3. The highest BCUT2D eigenvalue weighted by Gasteiger charge is 2.23. The first-order valence-electron chi connectivity index (χ1n) is 6.52. The molecular weight excluding hydrogens is 214 g/mol. The molecule has 1 N–H and O–H groups in total. The lowest BCUT2D eigenvalue weighted by Crippen LogP contribution is -2.33. The zero-order valence-corrected chi connectivity index (χ0v) is 10.3. The fourth-order valence-electron chi connectivity index (χ4n) is 2.16. The molecule has 2 aliphatic rings. The van der Waals surface area contributed by atoms with Crippen LogP contribution in [0.1, 0.15) is 32.6 Å². The van der Waals surface area contributed by atoms with Crippen molar-refractivity contribution in [2.75, 3.05) is 23.3 Å². The number of aromatic nitrogens is 3. The summed E-state index contributed by atoms with van der Waals surface area (Å²) in [6.45, 7) is 4.49. The zero-order chi connectivity index (χ0) is 11.7. The summed E-state index contributed by atoms with van der Waals surface area (Å²) >= 11 is 0. The maximum absolute atomic E-state index is 4.54. The SMILES string of the molecule is CC1CCN(c2cnnc(NC3CC3)n2)CC1. The Morgan fingerprint density at radius 2 is 2.00 bits per heavy atom. The number of piperidine rings is 1. The van der Waals surface area contributed by atoms with Crippen LogP contribution in [0.25, 0.3) is 0 Å². The van der Waals surface area contributed by atoms with Gasteiger partial charge in [-0.3, -0.25) is 0 Å². The van der Waals surface area contributed by atoms with Crippen LogP contribution < -0.4 is 10.2 Å². The molecule has 1 aromatic rings. The van der Waals surface area contributed by atoms with Crippen LogP contribution in [0.15, 0.2) is 6.20 Å². The van der Waals surface area contributed by atoms with Gasteiger partial charge in [-0.1, -0.05) is 6.92 Å². The number of rotatable bonds is 3. The van der Waals surface area contributed by atoms with Gasteiger partial charge in [-0.25, -0.2) is 0 Å². The van der Waals surface area contributed by atoms with E-state index in [9.17, 15) is 0 Å². The predicted molar refractivity (Wildman–Crippen MR) is 67.1 cm³/mol. The van der Waals surface area contributed by atoms with E-state index in [0.29, 0.717) is 12.0 Å². The Morgan fingerprint density at radius 1 is 1.24 bits per heavy atom. The van der Waals surface area contributed by atoms with Crippen molar-refractivity contribution in [2.45, 2.75) is 38.6 Å². The Labute approximate surface area is 102 Å². The molecule has 17 heavy (non-hydrogen) atoms. The van der Waals surface area contributed by atoms with Gasteiger partial charge in [-0.15, -0.1) is 5.10 Å². The molecule has 0 atom stereocenters.